The minimum atomic E-state index is 0.530. The predicted octanol–water partition coefficient (Wildman–Crippen LogP) is -0.387. The molecule has 68 valence electrons. The van der Waals surface area contributed by atoms with Gasteiger partial charge in [-0.05, 0) is 0 Å². The van der Waals surface area contributed by atoms with E-state index in [2.05, 4.69) is 51.1 Å². The van der Waals surface area contributed by atoms with Gasteiger partial charge in [0.15, 0.2) is 0 Å². The molecule has 0 amide bonds. The van der Waals surface area contributed by atoms with E-state index in [0.717, 1.165) is 0 Å². The summed E-state index contributed by atoms with van der Waals surface area (Å²) in [4.78, 5) is 0. The zero-order valence-corrected chi connectivity index (χ0v) is 13.3. The number of rotatable bonds is 0. The molecule has 0 aromatic rings. The molecule has 10 heavy (non-hydrogen) atoms. The Kier molecular flexibility index (Phi) is 40.5. The number of hydrogen-bond donors (Lipinski definition) is 1. The van der Waals surface area contributed by atoms with Crippen LogP contribution >= 0.6 is 37.2 Å². The van der Waals surface area contributed by atoms with Crippen LogP contribution in [-0.4, -0.2) is 19.1 Å². The van der Waals surface area contributed by atoms with Crippen molar-refractivity contribution in [2.75, 3.05) is 14.1 Å². The van der Waals surface area contributed by atoms with Crippen molar-refractivity contribution < 1.29 is 13.3 Å². The van der Waals surface area contributed by atoms with Crippen molar-refractivity contribution in [2.24, 2.45) is 5.84 Å². The van der Waals surface area contributed by atoms with Gasteiger partial charge < -0.3 is 0 Å². The fourth-order valence-corrected chi connectivity index (χ4v) is 0. The van der Waals surface area contributed by atoms with E-state index in [1.165, 1.54) is 11.4 Å². The van der Waals surface area contributed by atoms with E-state index < -0.39 is 0 Å². The molecular weight excluding hydrogens is 469 g/mol. The molecule has 0 unspecified atom stereocenters. The van der Waals surface area contributed by atoms with Gasteiger partial charge >= 0.3 is 50.5 Å². The molecule has 2 N–H and O–H groups in total. The van der Waals surface area contributed by atoms with Gasteiger partial charge in [0.2, 0.25) is 0 Å². The third kappa shape index (κ3) is 188. The van der Waals surface area contributed by atoms with Crippen LogP contribution in [0.1, 0.15) is 20.3 Å². The first-order chi connectivity index (χ1) is 4.56. The molecule has 0 aliphatic rings. The van der Waals surface area contributed by atoms with E-state index in [9.17, 15) is 0 Å². The maximum atomic E-state index is 4.94. The Morgan fingerprint density at radius 3 is 1.30 bits per heavy atom. The van der Waals surface area contributed by atoms with Crippen LogP contribution < -0.4 is 19.1 Å². The van der Waals surface area contributed by atoms with Crippen LogP contribution in [0.4, 0.5) is 0 Å². The molecule has 5 heteroatoms. The molecule has 0 fully saturated rings. The maximum absolute atomic E-state index is 4.94. The molecule has 0 aliphatic carbocycles. The Morgan fingerprint density at radius 1 is 1.30 bits per heavy atom. The summed E-state index contributed by atoms with van der Waals surface area (Å²) in [6.07, 6.45) is 1.25. The summed E-state index contributed by atoms with van der Waals surface area (Å²) in [6.45, 7) is 4.25. The zero-order chi connectivity index (χ0) is 8.99. The topological polar surface area (TPSA) is 29.3 Å². The minimum absolute atomic E-state index is 0.530. The van der Waals surface area contributed by atoms with Crippen LogP contribution in [0.2, 0.25) is 0 Å². The second kappa shape index (κ2) is 22.5. The SMILES string of the molecule is CCC.CN(C)N.I[I-]I. The molecule has 0 aromatic heterocycles. The normalized spacial score (nSPS) is 7.60. The van der Waals surface area contributed by atoms with Crippen LogP contribution in [0, 0.1) is 0 Å². The molecule has 2 nitrogen and oxygen atoms in total. The van der Waals surface area contributed by atoms with E-state index in [4.69, 9.17) is 5.84 Å². The Balaban J connectivity index is -0.0000000750. The monoisotopic (exact) mass is 485 g/mol. The van der Waals surface area contributed by atoms with E-state index in [0.29, 0.717) is 13.3 Å². The van der Waals surface area contributed by atoms with Crippen molar-refractivity contribution in [3.63, 3.8) is 0 Å². The van der Waals surface area contributed by atoms with Crippen molar-refractivity contribution in [3.8, 4) is 0 Å². The zero-order valence-electron chi connectivity index (χ0n) is 6.87. The fourth-order valence-electron chi connectivity index (χ4n) is 0. The molecule has 0 rings (SSSR count). The van der Waals surface area contributed by atoms with Gasteiger partial charge in [-0.15, -0.1) is 0 Å². The Labute approximate surface area is 94.3 Å². The second-order valence-corrected chi connectivity index (χ2v) is 18.0. The Bertz CT molecular complexity index is 31.3. The van der Waals surface area contributed by atoms with Gasteiger partial charge in [0, 0.05) is 14.1 Å². The number of hydrazine groups is 1. The first kappa shape index (κ1) is 18.0. The number of hydrogen-bond acceptors (Lipinski definition) is 2. The van der Waals surface area contributed by atoms with E-state index in [-0.39, 0.29) is 0 Å². The molecule has 0 bridgehead atoms. The first-order valence-corrected chi connectivity index (χ1v) is 15.4. The molecule has 0 aromatic carbocycles. The summed E-state index contributed by atoms with van der Waals surface area (Å²) in [6, 6.07) is 0. The molecule has 0 saturated carbocycles. The van der Waals surface area contributed by atoms with Gasteiger partial charge in [-0.3, -0.25) is 10.9 Å². The van der Waals surface area contributed by atoms with E-state index >= 15 is 0 Å². The molecule has 0 aliphatic heterocycles. The van der Waals surface area contributed by atoms with Gasteiger partial charge in [-0.1, -0.05) is 20.3 Å². The average molecular weight is 485 g/mol. The van der Waals surface area contributed by atoms with Gasteiger partial charge in [0.05, 0.1) is 0 Å². The summed E-state index contributed by atoms with van der Waals surface area (Å²) >= 11 is 5.30. The third-order valence-corrected chi connectivity index (χ3v) is 0. The molecular formula is C5H16I3N2-. The summed E-state index contributed by atoms with van der Waals surface area (Å²) in [5.41, 5.74) is 0. The molecule has 0 atom stereocenters. The first-order valence-electron chi connectivity index (χ1n) is 2.85. The Hall–Kier alpha value is 2.11. The number of nitrogens with zero attached hydrogens (tertiary/aromatic N) is 1. The van der Waals surface area contributed by atoms with Crippen LogP contribution in [0.3, 0.4) is 0 Å². The van der Waals surface area contributed by atoms with E-state index in [1.807, 2.05) is 0 Å². The second-order valence-electron chi connectivity index (χ2n) is 1.72. The van der Waals surface area contributed by atoms with Gasteiger partial charge in [0.25, 0.3) is 0 Å². The van der Waals surface area contributed by atoms with Crippen molar-refractivity contribution in [1.29, 1.82) is 0 Å². The Morgan fingerprint density at radius 2 is 1.30 bits per heavy atom. The van der Waals surface area contributed by atoms with Crippen molar-refractivity contribution >= 4 is 37.2 Å². The summed E-state index contributed by atoms with van der Waals surface area (Å²) < 4.78 is 0. The quantitative estimate of drug-likeness (QED) is 0.288. The van der Waals surface area contributed by atoms with E-state index in [1.54, 1.807) is 14.1 Å². The molecule has 0 radical (unpaired) electrons. The number of halogens is 3. The van der Waals surface area contributed by atoms with Crippen LogP contribution in [0.15, 0.2) is 0 Å². The van der Waals surface area contributed by atoms with Crippen LogP contribution in [-0.2, 0) is 0 Å². The summed E-state index contributed by atoms with van der Waals surface area (Å²) in [5, 5.41) is 1.50. The predicted molar refractivity (Wildman–Crippen MR) is 61.9 cm³/mol. The number of nitrogens with two attached hydrogens (primary N) is 1. The fraction of sp³-hybridized carbons (Fsp3) is 1.00. The summed E-state index contributed by atoms with van der Waals surface area (Å²) in [5.74, 6) is 4.94. The van der Waals surface area contributed by atoms with Crippen LogP contribution in [0.5, 0.6) is 0 Å². The summed E-state index contributed by atoms with van der Waals surface area (Å²) in [7, 11) is 3.56. The van der Waals surface area contributed by atoms with Crippen molar-refractivity contribution in [3.05, 3.63) is 0 Å². The average Bonchev–Trinajstić information content (AvgIpc) is 1.65. The third-order valence-electron chi connectivity index (χ3n) is 0. The van der Waals surface area contributed by atoms with Gasteiger partial charge in [-0.25, -0.2) is 0 Å². The molecule has 0 heterocycles. The molecule has 0 saturated heterocycles. The van der Waals surface area contributed by atoms with Gasteiger partial charge in [0.1, 0.15) is 0 Å². The van der Waals surface area contributed by atoms with Crippen molar-refractivity contribution in [1.82, 2.24) is 5.01 Å². The van der Waals surface area contributed by atoms with Crippen LogP contribution in [0.25, 0.3) is 0 Å². The standard InChI is InChI=1S/C3H8.C2H8N2.I3/c1-3-2;1-4(2)3;1-3-2/h3H2,1-2H3;3H2,1-2H3;/q;;-1. The van der Waals surface area contributed by atoms with Crippen molar-refractivity contribution in [2.45, 2.75) is 20.3 Å². The van der Waals surface area contributed by atoms with Gasteiger partial charge in [-0.2, -0.15) is 0 Å². The molecule has 0 spiro atoms.